The van der Waals surface area contributed by atoms with Crippen LogP contribution in [-0.2, 0) is 0 Å². The highest BCUT2D eigenvalue weighted by molar-refractivity contribution is 7.17. The largest absolute Gasteiger partial charge is 0.294 e. The number of nitrogens with zero attached hydrogens (tertiary/aromatic N) is 3. The van der Waals surface area contributed by atoms with E-state index in [1.807, 2.05) is 17.8 Å². The summed E-state index contributed by atoms with van der Waals surface area (Å²) in [4.78, 5) is 16.5. The van der Waals surface area contributed by atoms with Gasteiger partial charge in [-0.1, -0.05) is 0 Å². The van der Waals surface area contributed by atoms with Crippen LogP contribution in [0, 0.1) is 6.92 Å². The van der Waals surface area contributed by atoms with Gasteiger partial charge in [-0.05, 0) is 20.8 Å². The summed E-state index contributed by atoms with van der Waals surface area (Å²) in [5.74, 6) is 0.0718. The summed E-state index contributed by atoms with van der Waals surface area (Å²) in [6, 6.07) is 0.331. The molecule has 0 aliphatic heterocycles. The zero-order chi connectivity index (χ0) is 12.6. The second-order valence-corrected chi connectivity index (χ2v) is 5.29. The monoisotopic (exact) mass is 249 g/mol. The van der Waals surface area contributed by atoms with Crippen LogP contribution >= 0.6 is 11.3 Å². The van der Waals surface area contributed by atoms with Crippen molar-refractivity contribution in [3.05, 3.63) is 23.0 Å². The molecule has 2 aromatic rings. The fraction of sp³-hybridized carbons (Fsp3) is 0.417. The van der Waals surface area contributed by atoms with Crippen LogP contribution in [-0.4, -0.2) is 20.5 Å². The molecule has 0 unspecified atom stereocenters. The van der Waals surface area contributed by atoms with Crippen LogP contribution in [0.2, 0.25) is 0 Å². The van der Waals surface area contributed by atoms with Gasteiger partial charge in [-0.25, -0.2) is 4.98 Å². The average Bonchev–Trinajstić information content (AvgIpc) is 2.82. The van der Waals surface area contributed by atoms with E-state index in [9.17, 15) is 4.79 Å². The maximum atomic E-state index is 11.4. The van der Waals surface area contributed by atoms with Crippen LogP contribution < -0.4 is 0 Å². The van der Waals surface area contributed by atoms with Crippen molar-refractivity contribution in [1.29, 1.82) is 0 Å². The zero-order valence-electron chi connectivity index (χ0n) is 10.4. The van der Waals surface area contributed by atoms with Gasteiger partial charge in [-0.2, -0.15) is 5.10 Å². The third-order valence-corrected chi connectivity index (χ3v) is 3.80. The number of Topliss-reactive ketones (excluding diaryl/α,β-unsaturated/α-hetero) is 1. The smallest absolute Gasteiger partial charge is 0.171 e. The third kappa shape index (κ3) is 2.29. The van der Waals surface area contributed by atoms with E-state index in [2.05, 4.69) is 23.9 Å². The van der Waals surface area contributed by atoms with Crippen molar-refractivity contribution >= 4 is 17.1 Å². The Balaban J connectivity index is 2.39. The molecule has 0 fully saturated rings. The minimum atomic E-state index is 0.0718. The maximum Gasteiger partial charge on any atom is 0.171 e. The average molecular weight is 249 g/mol. The first-order chi connectivity index (χ1) is 7.99. The molecule has 0 aromatic carbocycles. The number of aryl methyl sites for hydroxylation is 1. The van der Waals surface area contributed by atoms with Gasteiger partial charge in [0.15, 0.2) is 5.78 Å². The van der Waals surface area contributed by atoms with Crippen LogP contribution in [0.1, 0.15) is 42.2 Å². The molecule has 4 nitrogen and oxygen atoms in total. The fourth-order valence-electron chi connectivity index (χ4n) is 1.58. The topological polar surface area (TPSA) is 47.8 Å². The predicted octanol–water partition coefficient (Wildman–Crippen LogP) is 3.10. The molecule has 0 radical (unpaired) electrons. The molecule has 0 aliphatic rings. The molecule has 0 saturated heterocycles. The predicted molar refractivity (Wildman–Crippen MR) is 68.5 cm³/mol. The molecule has 2 aromatic heterocycles. The Morgan fingerprint density at radius 1 is 1.47 bits per heavy atom. The highest BCUT2D eigenvalue weighted by atomic mass is 32.1. The van der Waals surface area contributed by atoms with Crippen molar-refractivity contribution < 1.29 is 4.79 Å². The number of rotatable bonds is 3. The molecule has 5 heteroatoms. The summed E-state index contributed by atoms with van der Waals surface area (Å²) < 4.78 is 1.89. The Kier molecular flexibility index (Phi) is 3.11. The molecule has 0 saturated carbocycles. The Morgan fingerprint density at radius 3 is 2.65 bits per heavy atom. The van der Waals surface area contributed by atoms with Crippen molar-refractivity contribution in [2.45, 2.75) is 33.7 Å². The highest BCUT2D eigenvalue weighted by Crippen LogP contribution is 2.28. The fourth-order valence-corrected chi connectivity index (χ4v) is 2.51. The summed E-state index contributed by atoms with van der Waals surface area (Å²) >= 11 is 1.43. The Bertz CT molecular complexity index is 554. The number of carbonyl (C=O) groups is 1. The molecule has 90 valence electrons. The van der Waals surface area contributed by atoms with Crippen LogP contribution in [0.4, 0.5) is 0 Å². The van der Waals surface area contributed by atoms with Crippen molar-refractivity contribution in [3.8, 4) is 10.6 Å². The lowest BCUT2D eigenvalue weighted by atomic mass is 10.3. The van der Waals surface area contributed by atoms with Gasteiger partial charge in [-0.15, -0.1) is 11.3 Å². The number of carbonyl (C=O) groups excluding carboxylic acids is 1. The van der Waals surface area contributed by atoms with E-state index in [4.69, 9.17) is 0 Å². The first-order valence-corrected chi connectivity index (χ1v) is 6.33. The molecule has 0 atom stereocenters. The molecular formula is C12H15N3OS. The van der Waals surface area contributed by atoms with Gasteiger partial charge >= 0.3 is 0 Å². The summed E-state index contributed by atoms with van der Waals surface area (Å²) in [5, 5.41) is 5.14. The second-order valence-electron chi connectivity index (χ2n) is 4.29. The lowest BCUT2D eigenvalue weighted by Gasteiger charge is -2.02. The summed E-state index contributed by atoms with van der Waals surface area (Å²) in [7, 11) is 0. The van der Waals surface area contributed by atoms with Gasteiger partial charge in [0.25, 0.3) is 0 Å². The SMILES string of the molecule is CC(=O)c1sc(-c2cnn(C(C)C)c2)nc1C. The number of thiazole rings is 1. The number of aromatic nitrogens is 3. The number of hydrogen-bond acceptors (Lipinski definition) is 4. The Morgan fingerprint density at radius 2 is 2.18 bits per heavy atom. The van der Waals surface area contributed by atoms with E-state index >= 15 is 0 Å². The molecular weight excluding hydrogens is 234 g/mol. The molecule has 0 N–H and O–H groups in total. The van der Waals surface area contributed by atoms with Crippen LogP contribution in [0.25, 0.3) is 10.6 Å². The van der Waals surface area contributed by atoms with E-state index < -0.39 is 0 Å². The van der Waals surface area contributed by atoms with Gasteiger partial charge in [0, 0.05) is 24.7 Å². The lowest BCUT2D eigenvalue weighted by Crippen LogP contribution is -1.99. The first-order valence-electron chi connectivity index (χ1n) is 5.52. The minimum Gasteiger partial charge on any atom is -0.294 e. The zero-order valence-corrected chi connectivity index (χ0v) is 11.2. The van der Waals surface area contributed by atoms with Gasteiger partial charge in [0.2, 0.25) is 0 Å². The minimum absolute atomic E-state index is 0.0718. The Labute approximate surface area is 104 Å². The van der Waals surface area contributed by atoms with Crippen molar-refractivity contribution in [2.24, 2.45) is 0 Å². The van der Waals surface area contributed by atoms with Crippen molar-refractivity contribution in [2.75, 3.05) is 0 Å². The molecule has 0 amide bonds. The lowest BCUT2D eigenvalue weighted by molar-refractivity contribution is 0.102. The summed E-state index contributed by atoms with van der Waals surface area (Å²) in [6.07, 6.45) is 3.76. The third-order valence-electron chi connectivity index (χ3n) is 2.49. The van der Waals surface area contributed by atoms with E-state index in [0.29, 0.717) is 6.04 Å². The van der Waals surface area contributed by atoms with Crippen LogP contribution in [0.15, 0.2) is 12.4 Å². The van der Waals surface area contributed by atoms with Gasteiger partial charge < -0.3 is 0 Å². The summed E-state index contributed by atoms with van der Waals surface area (Å²) in [6.45, 7) is 7.58. The Hall–Kier alpha value is -1.49. The van der Waals surface area contributed by atoms with Gasteiger partial charge in [-0.3, -0.25) is 9.48 Å². The number of ketones is 1. The van der Waals surface area contributed by atoms with Gasteiger partial charge in [0.1, 0.15) is 5.01 Å². The van der Waals surface area contributed by atoms with E-state index in [1.165, 1.54) is 11.3 Å². The number of hydrogen-bond donors (Lipinski definition) is 0. The summed E-state index contributed by atoms with van der Waals surface area (Å²) in [5.41, 5.74) is 1.77. The molecule has 2 rings (SSSR count). The molecule has 0 spiro atoms. The molecule has 0 bridgehead atoms. The van der Waals surface area contributed by atoms with Crippen LogP contribution in [0.5, 0.6) is 0 Å². The second kappa shape index (κ2) is 4.41. The normalized spacial score (nSPS) is 11.1. The van der Waals surface area contributed by atoms with Crippen molar-refractivity contribution in [3.63, 3.8) is 0 Å². The van der Waals surface area contributed by atoms with E-state index in [-0.39, 0.29) is 5.78 Å². The molecule has 2 heterocycles. The van der Waals surface area contributed by atoms with Crippen molar-refractivity contribution in [1.82, 2.24) is 14.8 Å². The molecule has 17 heavy (non-hydrogen) atoms. The van der Waals surface area contributed by atoms with E-state index in [0.717, 1.165) is 21.1 Å². The van der Waals surface area contributed by atoms with Gasteiger partial charge in [0.05, 0.1) is 16.8 Å². The van der Waals surface area contributed by atoms with Crippen LogP contribution in [0.3, 0.4) is 0 Å². The maximum absolute atomic E-state index is 11.4. The highest BCUT2D eigenvalue weighted by Gasteiger charge is 2.14. The molecule has 0 aliphatic carbocycles. The van der Waals surface area contributed by atoms with E-state index in [1.54, 1.807) is 13.1 Å². The standard InChI is InChI=1S/C12H15N3OS/c1-7(2)15-6-10(5-13-15)12-14-8(3)11(17-12)9(4)16/h5-7H,1-4H3. The quantitative estimate of drug-likeness (QED) is 0.785. The first kappa shape index (κ1) is 12.0.